The summed E-state index contributed by atoms with van der Waals surface area (Å²) in [7, 11) is 1.73. The van der Waals surface area contributed by atoms with Crippen molar-refractivity contribution in [3.63, 3.8) is 0 Å². The van der Waals surface area contributed by atoms with Crippen molar-refractivity contribution in [2.24, 2.45) is 5.41 Å². The highest BCUT2D eigenvalue weighted by Gasteiger charge is 2.40. The summed E-state index contributed by atoms with van der Waals surface area (Å²) < 4.78 is 5.15. The molecule has 3 rings (SSSR count). The standard InChI is InChI=1S/C22H34N2O2/c1-19(20-7-4-3-5-8-20)17-23-14-11-22(12-15-23)10-9-21(25)24(18-22)13-6-16-26-2/h3-5,7-8,19H,6,9-18H2,1-2H3. The zero-order valence-corrected chi connectivity index (χ0v) is 16.5. The second kappa shape index (κ2) is 9.01. The molecule has 0 saturated carbocycles. The fourth-order valence-electron chi connectivity index (χ4n) is 4.60. The number of hydrogen-bond donors (Lipinski definition) is 0. The summed E-state index contributed by atoms with van der Waals surface area (Å²) in [5.74, 6) is 0.913. The minimum Gasteiger partial charge on any atom is -0.385 e. The maximum absolute atomic E-state index is 12.3. The van der Waals surface area contributed by atoms with Crippen LogP contribution in [-0.2, 0) is 9.53 Å². The smallest absolute Gasteiger partial charge is 0.222 e. The molecule has 0 aromatic heterocycles. The van der Waals surface area contributed by atoms with Crippen molar-refractivity contribution in [3.05, 3.63) is 35.9 Å². The molecule has 2 saturated heterocycles. The average Bonchev–Trinajstić information content (AvgIpc) is 2.67. The van der Waals surface area contributed by atoms with E-state index in [0.29, 0.717) is 17.2 Å². The Kier molecular flexibility index (Phi) is 6.71. The maximum Gasteiger partial charge on any atom is 0.222 e. The van der Waals surface area contributed by atoms with E-state index in [1.165, 1.54) is 18.4 Å². The van der Waals surface area contributed by atoms with Gasteiger partial charge in [0.05, 0.1) is 0 Å². The molecule has 1 atom stereocenters. The summed E-state index contributed by atoms with van der Waals surface area (Å²) in [6.07, 6.45) is 5.20. The average molecular weight is 359 g/mol. The summed E-state index contributed by atoms with van der Waals surface area (Å²) in [4.78, 5) is 17.0. The number of benzene rings is 1. The van der Waals surface area contributed by atoms with E-state index in [1.807, 2.05) is 0 Å². The molecular formula is C22H34N2O2. The van der Waals surface area contributed by atoms with Crippen LogP contribution in [-0.4, -0.2) is 62.1 Å². The summed E-state index contributed by atoms with van der Waals surface area (Å²) in [6.45, 7) is 8.34. The van der Waals surface area contributed by atoms with Gasteiger partial charge in [-0.2, -0.15) is 0 Å². The molecule has 26 heavy (non-hydrogen) atoms. The van der Waals surface area contributed by atoms with Gasteiger partial charge in [-0.15, -0.1) is 0 Å². The van der Waals surface area contributed by atoms with Crippen molar-refractivity contribution in [2.75, 3.05) is 46.4 Å². The normalized spacial score (nSPS) is 21.9. The number of ether oxygens (including phenoxy) is 1. The van der Waals surface area contributed by atoms with Crippen LogP contribution in [0.15, 0.2) is 30.3 Å². The Morgan fingerprint density at radius 2 is 1.88 bits per heavy atom. The van der Waals surface area contributed by atoms with Gasteiger partial charge >= 0.3 is 0 Å². The lowest BCUT2D eigenvalue weighted by Gasteiger charge is -2.48. The molecule has 2 heterocycles. The van der Waals surface area contributed by atoms with Gasteiger partial charge in [0.1, 0.15) is 0 Å². The van der Waals surface area contributed by atoms with Gasteiger partial charge < -0.3 is 14.5 Å². The van der Waals surface area contributed by atoms with E-state index in [4.69, 9.17) is 4.74 Å². The quantitative estimate of drug-likeness (QED) is 0.699. The Morgan fingerprint density at radius 3 is 2.58 bits per heavy atom. The van der Waals surface area contributed by atoms with Crippen molar-refractivity contribution < 1.29 is 9.53 Å². The number of piperidine rings is 2. The molecule has 2 aliphatic heterocycles. The second-order valence-electron chi connectivity index (χ2n) is 8.27. The second-order valence-corrected chi connectivity index (χ2v) is 8.27. The van der Waals surface area contributed by atoms with Crippen LogP contribution < -0.4 is 0 Å². The summed E-state index contributed by atoms with van der Waals surface area (Å²) >= 11 is 0. The van der Waals surface area contributed by atoms with E-state index < -0.39 is 0 Å². The molecule has 1 aromatic carbocycles. The first-order chi connectivity index (χ1) is 12.6. The Morgan fingerprint density at radius 1 is 1.15 bits per heavy atom. The van der Waals surface area contributed by atoms with Crippen LogP contribution in [0.5, 0.6) is 0 Å². The van der Waals surface area contributed by atoms with Gasteiger partial charge in [-0.1, -0.05) is 37.3 Å². The van der Waals surface area contributed by atoms with Crippen LogP contribution in [0.1, 0.15) is 50.5 Å². The molecule has 2 aliphatic rings. The lowest BCUT2D eigenvalue weighted by molar-refractivity contribution is -0.139. The van der Waals surface area contributed by atoms with Crippen molar-refractivity contribution in [1.29, 1.82) is 0 Å². The van der Waals surface area contributed by atoms with E-state index in [1.54, 1.807) is 7.11 Å². The Labute approximate surface area is 158 Å². The third-order valence-corrected chi connectivity index (χ3v) is 6.34. The predicted octanol–water partition coefficient (Wildman–Crippen LogP) is 3.53. The number of rotatable bonds is 7. The predicted molar refractivity (Wildman–Crippen MR) is 105 cm³/mol. The van der Waals surface area contributed by atoms with E-state index >= 15 is 0 Å². The number of nitrogens with zero attached hydrogens (tertiary/aromatic N) is 2. The highest BCUT2D eigenvalue weighted by molar-refractivity contribution is 5.77. The number of amides is 1. The van der Waals surface area contributed by atoms with Gasteiger partial charge in [0, 0.05) is 39.8 Å². The minimum atomic E-state index is 0.340. The number of methoxy groups -OCH3 is 1. The van der Waals surface area contributed by atoms with Crippen molar-refractivity contribution in [3.8, 4) is 0 Å². The van der Waals surface area contributed by atoms with Crippen LogP contribution in [0.2, 0.25) is 0 Å². The molecule has 1 aromatic rings. The van der Waals surface area contributed by atoms with Crippen LogP contribution in [0.4, 0.5) is 0 Å². The number of likely N-dealkylation sites (tertiary alicyclic amines) is 2. The van der Waals surface area contributed by atoms with Gasteiger partial charge in [-0.3, -0.25) is 4.79 Å². The van der Waals surface area contributed by atoms with Crippen LogP contribution in [0.3, 0.4) is 0 Å². The first-order valence-corrected chi connectivity index (χ1v) is 10.2. The van der Waals surface area contributed by atoms with Crippen molar-refractivity contribution in [2.45, 2.75) is 44.9 Å². The third-order valence-electron chi connectivity index (χ3n) is 6.34. The molecule has 2 fully saturated rings. The Hall–Kier alpha value is -1.39. The molecule has 1 unspecified atom stereocenters. The van der Waals surface area contributed by atoms with Gasteiger partial charge in [0.15, 0.2) is 0 Å². The summed E-state index contributed by atoms with van der Waals surface area (Å²) in [5, 5.41) is 0. The molecule has 1 spiro atoms. The highest BCUT2D eigenvalue weighted by Crippen LogP contribution is 2.40. The molecule has 0 N–H and O–H groups in total. The van der Waals surface area contributed by atoms with Gasteiger partial charge in [0.2, 0.25) is 5.91 Å². The molecule has 144 valence electrons. The molecule has 4 heteroatoms. The van der Waals surface area contributed by atoms with Crippen molar-refractivity contribution in [1.82, 2.24) is 9.80 Å². The molecule has 1 amide bonds. The fourth-order valence-corrected chi connectivity index (χ4v) is 4.60. The Bertz CT molecular complexity index is 567. The monoisotopic (exact) mass is 358 g/mol. The van der Waals surface area contributed by atoms with E-state index in [9.17, 15) is 4.79 Å². The Balaban J connectivity index is 1.50. The molecule has 4 nitrogen and oxygen atoms in total. The van der Waals surface area contributed by atoms with Crippen LogP contribution >= 0.6 is 0 Å². The summed E-state index contributed by atoms with van der Waals surface area (Å²) in [5.41, 5.74) is 1.79. The number of hydrogen-bond acceptors (Lipinski definition) is 3. The zero-order chi connectivity index (χ0) is 18.4. The van der Waals surface area contributed by atoms with Gasteiger partial charge in [0.25, 0.3) is 0 Å². The fraction of sp³-hybridized carbons (Fsp3) is 0.682. The SMILES string of the molecule is COCCCN1CC2(CCC1=O)CCN(CC(C)c1ccccc1)CC2. The largest absolute Gasteiger partial charge is 0.385 e. The summed E-state index contributed by atoms with van der Waals surface area (Å²) in [6, 6.07) is 10.8. The van der Waals surface area contributed by atoms with E-state index in [2.05, 4.69) is 47.1 Å². The topological polar surface area (TPSA) is 32.8 Å². The van der Waals surface area contributed by atoms with Crippen molar-refractivity contribution >= 4 is 5.91 Å². The zero-order valence-electron chi connectivity index (χ0n) is 16.5. The highest BCUT2D eigenvalue weighted by atomic mass is 16.5. The molecular weight excluding hydrogens is 324 g/mol. The minimum absolute atomic E-state index is 0.340. The first kappa shape index (κ1) is 19.4. The molecule has 0 aliphatic carbocycles. The first-order valence-electron chi connectivity index (χ1n) is 10.2. The lowest BCUT2D eigenvalue weighted by Crippen LogP contribution is -2.52. The number of carbonyl (C=O) groups excluding carboxylic acids is 1. The molecule has 0 radical (unpaired) electrons. The van der Waals surface area contributed by atoms with Gasteiger partial charge in [-0.25, -0.2) is 0 Å². The van der Waals surface area contributed by atoms with Crippen LogP contribution in [0.25, 0.3) is 0 Å². The van der Waals surface area contributed by atoms with Gasteiger partial charge in [-0.05, 0) is 55.7 Å². The van der Waals surface area contributed by atoms with E-state index in [0.717, 1.165) is 58.6 Å². The number of carbonyl (C=O) groups is 1. The maximum atomic E-state index is 12.3. The van der Waals surface area contributed by atoms with E-state index in [-0.39, 0.29) is 0 Å². The molecule has 0 bridgehead atoms. The van der Waals surface area contributed by atoms with Crippen LogP contribution in [0, 0.1) is 5.41 Å². The third kappa shape index (κ3) is 4.86. The lowest BCUT2D eigenvalue weighted by atomic mass is 9.72.